The van der Waals surface area contributed by atoms with Crippen LogP contribution in [0.4, 0.5) is 4.79 Å². The van der Waals surface area contributed by atoms with Crippen LogP contribution in [0, 0.1) is 11.8 Å². The third-order valence-corrected chi connectivity index (χ3v) is 3.88. The highest BCUT2D eigenvalue weighted by Gasteiger charge is 2.28. The highest BCUT2D eigenvalue weighted by atomic mass is 16.4. The lowest BCUT2D eigenvalue weighted by Crippen LogP contribution is -2.49. The summed E-state index contributed by atoms with van der Waals surface area (Å²) in [5.41, 5.74) is 0. The average molecular weight is 270 g/mol. The average Bonchev–Trinajstić information content (AvgIpc) is 2.38. The second kappa shape index (κ2) is 7.36. The minimum absolute atomic E-state index is 0.123. The Hall–Kier alpha value is -1.26. The van der Waals surface area contributed by atoms with Gasteiger partial charge in [0.2, 0.25) is 0 Å². The monoisotopic (exact) mass is 270 g/mol. The third kappa shape index (κ3) is 5.09. The smallest absolute Gasteiger partial charge is 0.317 e. The van der Waals surface area contributed by atoms with Gasteiger partial charge in [-0.25, -0.2) is 4.79 Å². The van der Waals surface area contributed by atoms with Crippen LogP contribution >= 0.6 is 0 Å². The Bertz CT molecular complexity index is 320. The van der Waals surface area contributed by atoms with Crippen LogP contribution in [-0.2, 0) is 4.79 Å². The van der Waals surface area contributed by atoms with E-state index in [2.05, 4.69) is 19.2 Å². The predicted molar refractivity (Wildman–Crippen MR) is 74.0 cm³/mol. The van der Waals surface area contributed by atoms with Crippen molar-refractivity contribution in [3.63, 3.8) is 0 Å². The van der Waals surface area contributed by atoms with E-state index in [-0.39, 0.29) is 12.1 Å². The molecule has 0 bridgehead atoms. The number of carbonyl (C=O) groups excluding carboxylic acids is 1. The van der Waals surface area contributed by atoms with Crippen molar-refractivity contribution in [2.45, 2.75) is 52.5 Å². The van der Waals surface area contributed by atoms with Crippen molar-refractivity contribution in [1.29, 1.82) is 0 Å². The first-order valence-corrected chi connectivity index (χ1v) is 7.22. The molecule has 3 atom stereocenters. The number of rotatable bonds is 5. The molecule has 1 aliphatic rings. The highest BCUT2D eigenvalue weighted by Crippen LogP contribution is 2.17. The Morgan fingerprint density at radius 3 is 2.68 bits per heavy atom. The normalized spacial score (nSPS) is 22.7. The summed E-state index contributed by atoms with van der Waals surface area (Å²) in [5.74, 6) is -0.627. The van der Waals surface area contributed by atoms with Crippen LogP contribution < -0.4 is 5.32 Å². The van der Waals surface area contributed by atoms with Crippen molar-refractivity contribution in [2.24, 2.45) is 11.8 Å². The van der Waals surface area contributed by atoms with Crippen molar-refractivity contribution >= 4 is 12.0 Å². The van der Waals surface area contributed by atoms with Gasteiger partial charge in [0.25, 0.3) is 0 Å². The van der Waals surface area contributed by atoms with Crippen molar-refractivity contribution in [1.82, 2.24) is 10.2 Å². The van der Waals surface area contributed by atoms with E-state index in [4.69, 9.17) is 5.11 Å². The molecule has 0 aromatic rings. The second-order valence-corrected chi connectivity index (χ2v) is 5.72. The van der Waals surface area contributed by atoms with E-state index < -0.39 is 11.9 Å². The number of likely N-dealkylation sites (tertiary alicyclic amines) is 1. The molecule has 1 fully saturated rings. The lowest BCUT2D eigenvalue weighted by molar-refractivity contribution is -0.143. The lowest BCUT2D eigenvalue weighted by atomic mass is 9.98. The van der Waals surface area contributed by atoms with Crippen LogP contribution in [0.3, 0.4) is 0 Å². The first-order chi connectivity index (χ1) is 8.93. The summed E-state index contributed by atoms with van der Waals surface area (Å²) in [6.07, 6.45) is 3.50. The Kier molecular flexibility index (Phi) is 6.12. The van der Waals surface area contributed by atoms with Gasteiger partial charge in [0.15, 0.2) is 0 Å². The van der Waals surface area contributed by atoms with Gasteiger partial charge in [0, 0.05) is 19.1 Å². The van der Waals surface area contributed by atoms with Crippen LogP contribution in [0.25, 0.3) is 0 Å². The molecule has 0 aliphatic carbocycles. The van der Waals surface area contributed by atoms with Crippen LogP contribution in [0.1, 0.15) is 46.5 Å². The zero-order valence-corrected chi connectivity index (χ0v) is 12.2. The topological polar surface area (TPSA) is 69.6 Å². The van der Waals surface area contributed by atoms with E-state index in [1.165, 1.54) is 0 Å². The summed E-state index contributed by atoms with van der Waals surface area (Å²) in [4.78, 5) is 24.7. The zero-order valence-electron chi connectivity index (χ0n) is 12.2. The molecule has 2 unspecified atom stereocenters. The fourth-order valence-corrected chi connectivity index (χ4v) is 2.49. The number of nitrogens with one attached hydrogen (secondary N) is 1. The molecule has 5 heteroatoms. The van der Waals surface area contributed by atoms with Crippen molar-refractivity contribution < 1.29 is 14.7 Å². The van der Waals surface area contributed by atoms with E-state index in [9.17, 15) is 9.59 Å². The van der Waals surface area contributed by atoms with E-state index >= 15 is 0 Å². The minimum Gasteiger partial charge on any atom is -0.481 e. The molecule has 1 rings (SSSR count). The lowest BCUT2D eigenvalue weighted by Gasteiger charge is -2.32. The SMILES string of the molecule is CCC(C)CC(C)NC(=O)N1CCC[C@H](C(=O)O)C1. The molecule has 1 saturated heterocycles. The maximum atomic E-state index is 12.1. The fraction of sp³-hybridized carbons (Fsp3) is 0.857. The van der Waals surface area contributed by atoms with E-state index in [1.54, 1.807) is 4.90 Å². The maximum absolute atomic E-state index is 12.1. The van der Waals surface area contributed by atoms with Crippen molar-refractivity contribution in [2.75, 3.05) is 13.1 Å². The van der Waals surface area contributed by atoms with Crippen molar-refractivity contribution in [3.05, 3.63) is 0 Å². The second-order valence-electron chi connectivity index (χ2n) is 5.72. The van der Waals surface area contributed by atoms with E-state index in [1.807, 2.05) is 6.92 Å². The first kappa shape index (κ1) is 15.8. The number of piperidine rings is 1. The molecule has 1 heterocycles. The van der Waals surface area contributed by atoms with Crippen LogP contribution in [0.5, 0.6) is 0 Å². The summed E-state index contributed by atoms with van der Waals surface area (Å²) < 4.78 is 0. The van der Waals surface area contributed by atoms with Crippen LogP contribution in [0.2, 0.25) is 0 Å². The van der Waals surface area contributed by atoms with Gasteiger partial charge in [0.1, 0.15) is 0 Å². The molecule has 0 saturated carbocycles. The van der Waals surface area contributed by atoms with Gasteiger partial charge in [-0.1, -0.05) is 20.3 Å². The van der Waals surface area contributed by atoms with Gasteiger partial charge < -0.3 is 15.3 Å². The summed E-state index contributed by atoms with van der Waals surface area (Å²) in [5, 5.41) is 12.0. The summed E-state index contributed by atoms with van der Waals surface area (Å²) in [6, 6.07) is 0.00871. The van der Waals surface area contributed by atoms with Gasteiger partial charge in [-0.3, -0.25) is 4.79 Å². The maximum Gasteiger partial charge on any atom is 0.317 e. The molecule has 5 nitrogen and oxygen atoms in total. The molecule has 0 aromatic heterocycles. The first-order valence-electron chi connectivity index (χ1n) is 7.22. The largest absolute Gasteiger partial charge is 0.481 e. The Morgan fingerprint density at radius 1 is 1.42 bits per heavy atom. The molecule has 19 heavy (non-hydrogen) atoms. The molecule has 0 aromatic carbocycles. The molecular formula is C14H26N2O3. The molecule has 2 N–H and O–H groups in total. The molecule has 2 amide bonds. The molecule has 1 aliphatic heterocycles. The van der Waals surface area contributed by atoms with E-state index in [0.717, 1.165) is 19.3 Å². The van der Waals surface area contributed by atoms with Gasteiger partial charge >= 0.3 is 12.0 Å². The van der Waals surface area contributed by atoms with Gasteiger partial charge in [0.05, 0.1) is 5.92 Å². The summed E-state index contributed by atoms with van der Waals surface area (Å²) in [6.45, 7) is 7.30. The predicted octanol–water partition coefficient (Wildman–Crippen LogP) is 2.32. The fourth-order valence-electron chi connectivity index (χ4n) is 2.49. The third-order valence-electron chi connectivity index (χ3n) is 3.88. The molecular weight excluding hydrogens is 244 g/mol. The Morgan fingerprint density at radius 2 is 2.11 bits per heavy atom. The number of amides is 2. The molecule has 0 spiro atoms. The number of carboxylic acids is 1. The minimum atomic E-state index is -0.801. The summed E-state index contributed by atoms with van der Waals surface area (Å²) >= 11 is 0. The number of nitrogens with zero attached hydrogens (tertiary/aromatic N) is 1. The van der Waals surface area contributed by atoms with Gasteiger partial charge in [-0.15, -0.1) is 0 Å². The highest BCUT2D eigenvalue weighted by molar-refractivity contribution is 5.76. The number of hydrogen-bond donors (Lipinski definition) is 2. The number of urea groups is 1. The number of aliphatic carboxylic acids is 1. The Balaban J connectivity index is 2.42. The number of carboxylic acid groups (broad SMARTS) is 1. The molecule has 110 valence electrons. The number of carbonyl (C=O) groups is 2. The zero-order chi connectivity index (χ0) is 14.4. The van der Waals surface area contributed by atoms with Gasteiger partial charge in [-0.05, 0) is 32.1 Å². The standard InChI is InChI=1S/C14H26N2O3/c1-4-10(2)8-11(3)15-14(19)16-7-5-6-12(9-16)13(17)18/h10-12H,4-9H2,1-3H3,(H,15,19)(H,17,18)/t10?,11?,12-/m0/s1. The van der Waals surface area contributed by atoms with Crippen LogP contribution in [-0.4, -0.2) is 41.1 Å². The number of hydrogen-bond acceptors (Lipinski definition) is 2. The quantitative estimate of drug-likeness (QED) is 0.805. The molecule has 0 radical (unpaired) electrons. The van der Waals surface area contributed by atoms with E-state index in [0.29, 0.717) is 25.4 Å². The Labute approximate surface area is 115 Å². The van der Waals surface area contributed by atoms with Crippen LogP contribution in [0.15, 0.2) is 0 Å². The van der Waals surface area contributed by atoms with Crippen molar-refractivity contribution in [3.8, 4) is 0 Å². The summed E-state index contributed by atoms with van der Waals surface area (Å²) in [7, 11) is 0. The van der Waals surface area contributed by atoms with Gasteiger partial charge in [-0.2, -0.15) is 0 Å².